The number of hydrogen-bond acceptors (Lipinski definition) is 3. The van der Waals surface area contributed by atoms with Gasteiger partial charge in [0.05, 0.1) is 7.11 Å². The Morgan fingerprint density at radius 1 is 1.45 bits per heavy atom. The summed E-state index contributed by atoms with van der Waals surface area (Å²) in [6.45, 7) is 3.56. The van der Waals surface area contributed by atoms with Crippen LogP contribution in [0.25, 0.3) is 0 Å². The third-order valence-electron chi connectivity index (χ3n) is 4.03. The molecule has 0 saturated carbocycles. The molecule has 0 aliphatic heterocycles. The molecule has 0 bridgehead atoms. The minimum absolute atomic E-state index is 0.231. The number of amides is 1. The van der Waals surface area contributed by atoms with Crippen LogP contribution in [-0.4, -0.2) is 35.5 Å². The number of nitrogens with zero attached hydrogens (tertiary/aromatic N) is 1. The van der Waals surface area contributed by atoms with E-state index in [9.17, 15) is 14.7 Å². The highest BCUT2D eigenvalue weighted by Gasteiger charge is 2.51. The number of likely N-dealkylation sites (N-methyl/N-ethyl adjacent to an activating group) is 1. The van der Waals surface area contributed by atoms with Crippen molar-refractivity contribution in [2.75, 3.05) is 13.7 Å². The van der Waals surface area contributed by atoms with Gasteiger partial charge in [0, 0.05) is 13.5 Å². The number of fused-ring (bicyclic) bond motifs is 1. The van der Waals surface area contributed by atoms with E-state index >= 15 is 0 Å². The lowest BCUT2D eigenvalue weighted by molar-refractivity contribution is -0.159. The van der Waals surface area contributed by atoms with Crippen molar-refractivity contribution in [3.8, 4) is 5.75 Å². The average Bonchev–Trinajstić information content (AvgIpc) is 2.79. The largest absolute Gasteiger partial charge is 0.497 e. The number of aliphatic carboxylic acids is 1. The van der Waals surface area contributed by atoms with Crippen molar-refractivity contribution in [3.63, 3.8) is 0 Å². The number of carboxylic acids is 1. The van der Waals surface area contributed by atoms with Crippen LogP contribution < -0.4 is 4.74 Å². The molecule has 0 radical (unpaired) electrons. The fourth-order valence-electron chi connectivity index (χ4n) is 3.12. The molecule has 0 aromatic heterocycles. The standard InChI is InChI=1S/C15H19NO4/c1-4-16(10(2)17)15(14(18)19)8-7-11-5-6-12(20-3)9-13(11)15/h5-6,9H,4,7-8H2,1-3H3,(H,18,19). The third kappa shape index (κ3) is 1.94. The molecular weight excluding hydrogens is 258 g/mol. The number of ether oxygens (including phenoxy) is 1. The average molecular weight is 277 g/mol. The van der Waals surface area contributed by atoms with Gasteiger partial charge in [-0.2, -0.15) is 0 Å². The maximum atomic E-state index is 12.0. The Bertz CT molecular complexity index is 555. The molecule has 1 N–H and O–H groups in total. The number of methoxy groups -OCH3 is 1. The van der Waals surface area contributed by atoms with Crippen LogP contribution in [0.4, 0.5) is 0 Å². The first kappa shape index (κ1) is 14.4. The molecule has 5 nitrogen and oxygen atoms in total. The molecule has 5 heteroatoms. The van der Waals surface area contributed by atoms with E-state index in [4.69, 9.17) is 4.74 Å². The first-order valence-electron chi connectivity index (χ1n) is 6.66. The van der Waals surface area contributed by atoms with E-state index in [1.807, 2.05) is 12.1 Å². The van der Waals surface area contributed by atoms with Crippen molar-refractivity contribution >= 4 is 11.9 Å². The molecule has 0 spiro atoms. The SMILES string of the molecule is CCN(C(C)=O)C1(C(=O)O)CCc2ccc(OC)cc21. The number of benzene rings is 1. The molecule has 0 fully saturated rings. The van der Waals surface area contributed by atoms with Crippen molar-refractivity contribution in [3.05, 3.63) is 29.3 Å². The molecule has 2 rings (SSSR count). The van der Waals surface area contributed by atoms with Crippen LogP contribution in [-0.2, 0) is 21.5 Å². The van der Waals surface area contributed by atoms with E-state index in [2.05, 4.69) is 0 Å². The molecule has 1 amide bonds. The number of rotatable bonds is 4. The summed E-state index contributed by atoms with van der Waals surface area (Å²) < 4.78 is 5.19. The second-order valence-electron chi connectivity index (χ2n) is 4.95. The molecule has 0 heterocycles. The lowest BCUT2D eigenvalue weighted by Crippen LogP contribution is -2.52. The van der Waals surface area contributed by atoms with Crippen LogP contribution in [0.2, 0.25) is 0 Å². The van der Waals surface area contributed by atoms with Gasteiger partial charge in [-0.3, -0.25) is 4.79 Å². The van der Waals surface area contributed by atoms with Gasteiger partial charge in [-0.1, -0.05) is 6.07 Å². The Morgan fingerprint density at radius 2 is 2.15 bits per heavy atom. The Hall–Kier alpha value is -2.04. The number of carbonyl (C=O) groups excluding carboxylic acids is 1. The topological polar surface area (TPSA) is 66.8 Å². The normalized spacial score (nSPS) is 20.4. The summed E-state index contributed by atoms with van der Waals surface area (Å²) in [7, 11) is 1.54. The van der Waals surface area contributed by atoms with E-state index < -0.39 is 11.5 Å². The zero-order chi connectivity index (χ0) is 14.9. The molecule has 20 heavy (non-hydrogen) atoms. The Labute approximate surface area is 118 Å². The van der Waals surface area contributed by atoms with Crippen LogP contribution in [0.1, 0.15) is 31.4 Å². The monoisotopic (exact) mass is 277 g/mol. The smallest absolute Gasteiger partial charge is 0.334 e. The van der Waals surface area contributed by atoms with Crippen molar-refractivity contribution in [1.82, 2.24) is 4.90 Å². The van der Waals surface area contributed by atoms with Gasteiger partial charge in [-0.05, 0) is 43.0 Å². The second-order valence-corrected chi connectivity index (χ2v) is 4.95. The van der Waals surface area contributed by atoms with Crippen LogP contribution in [0, 0.1) is 0 Å². The minimum Gasteiger partial charge on any atom is -0.497 e. The quantitative estimate of drug-likeness (QED) is 0.911. The van der Waals surface area contributed by atoms with E-state index in [-0.39, 0.29) is 5.91 Å². The van der Waals surface area contributed by atoms with Gasteiger partial charge in [-0.25, -0.2) is 4.79 Å². The van der Waals surface area contributed by atoms with Gasteiger partial charge in [0.1, 0.15) is 5.75 Å². The first-order valence-corrected chi connectivity index (χ1v) is 6.66. The number of carbonyl (C=O) groups is 2. The third-order valence-corrected chi connectivity index (χ3v) is 4.03. The van der Waals surface area contributed by atoms with Gasteiger partial charge in [0.25, 0.3) is 0 Å². The van der Waals surface area contributed by atoms with Gasteiger partial charge in [-0.15, -0.1) is 0 Å². The van der Waals surface area contributed by atoms with Crippen molar-refractivity contribution in [2.45, 2.75) is 32.2 Å². The zero-order valence-electron chi connectivity index (χ0n) is 12.0. The van der Waals surface area contributed by atoms with Crippen LogP contribution >= 0.6 is 0 Å². The fraction of sp³-hybridized carbons (Fsp3) is 0.467. The molecule has 1 aromatic carbocycles. The Morgan fingerprint density at radius 3 is 2.65 bits per heavy atom. The molecular formula is C15H19NO4. The summed E-state index contributed by atoms with van der Waals surface area (Å²) >= 11 is 0. The summed E-state index contributed by atoms with van der Waals surface area (Å²) in [6, 6.07) is 5.44. The molecule has 1 aromatic rings. The van der Waals surface area contributed by atoms with Gasteiger partial charge in [0.2, 0.25) is 5.91 Å². The molecule has 108 valence electrons. The molecule has 0 saturated heterocycles. The van der Waals surface area contributed by atoms with Crippen LogP contribution in [0.15, 0.2) is 18.2 Å². The van der Waals surface area contributed by atoms with Crippen molar-refractivity contribution in [1.29, 1.82) is 0 Å². The van der Waals surface area contributed by atoms with Gasteiger partial charge < -0.3 is 14.7 Å². The molecule has 1 unspecified atom stereocenters. The van der Waals surface area contributed by atoms with Crippen molar-refractivity contribution in [2.24, 2.45) is 0 Å². The predicted molar refractivity (Wildman–Crippen MR) is 73.7 cm³/mol. The number of hydrogen-bond donors (Lipinski definition) is 1. The number of aryl methyl sites for hydroxylation is 1. The van der Waals surface area contributed by atoms with Crippen LogP contribution in [0.5, 0.6) is 5.75 Å². The lowest BCUT2D eigenvalue weighted by Gasteiger charge is -2.37. The van der Waals surface area contributed by atoms with Gasteiger partial charge in [0.15, 0.2) is 5.54 Å². The summed E-state index contributed by atoms with van der Waals surface area (Å²) in [6.07, 6.45) is 1.05. The Kier molecular flexibility index (Phi) is 3.70. The first-order chi connectivity index (χ1) is 9.47. The predicted octanol–water partition coefficient (Wildman–Crippen LogP) is 1.79. The van der Waals surface area contributed by atoms with Crippen molar-refractivity contribution < 1.29 is 19.4 Å². The van der Waals surface area contributed by atoms with E-state index in [1.54, 1.807) is 20.1 Å². The fourth-order valence-corrected chi connectivity index (χ4v) is 3.12. The molecule has 1 atom stereocenters. The summed E-state index contributed by atoms with van der Waals surface area (Å²) in [5.41, 5.74) is 0.360. The maximum absolute atomic E-state index is 12.0. The van der Waals surface area contributed by atoms with E-state index in [0.29, 0.717) is 30.7 Å². The highest BCUT2D eigenvalue weighted by molar-refractivity contribution is 5.88. The maximum Gasteiger partial charge on any atom is 0.334 e. The van der Waals surface area contributed by atoms with Gasteiger partial charge >= 0.3 is 5.97 Å². The molecule has 1 aliphatic carbocycles. The summed E-state index contributed by atoms with van der Waals surface area (Å²) in [5.74, 6) is -0.608. The Balaban J connectivity index is 2.64. The minimum atomic E-state index is -1.27. The van der Waals surface area contributed by atoms with E-state index in [1.165, 1.54) is 11.8 Å². The highest BCUT2D eigenvalue weighted by Crippen LogP contribution is 2.43. The zero-order valence-corrected chi connectivity index (χ0v) is 12.0. The van der Waals surface area contributed by atoms with E-state index in [0.717, 1.165) is 5.56 Å². The highest BCUT2D eigenvalue weighted by atomic mass is 16.5. The van der Waals surface area contributed by atoms with Crippen LogP contribution in [0.3, 0.4) is 0 Å². The summed E-state index contributed by atoms with van der Waals surface area (Å²) in [5, 5.41) is 9.79. The summed E-state index contributed by atoms with van der Waals surface area (Å²) in [4.78, 5) is 25.3. The number of carboxylic acid groups (broad SMARTS) is 1. The second kappa shape index (κ2) is 5.15. The molecule has 1 aliphatic rings. The lowest BCUT2D eigenvalue weighted by atomic mass is 9.89.